The number of nitrogens with one attached hydrogen (secondary N) is 1. The van der Waals surface area contributed by atoms with Gasteiger partial charge in [-0.1, -0.05) is 72.8 Å². The van der Waals surface area contributed by atoms with Crippen molar-refractivity contribution in [2.45, 2.75) is 50.8 Å². The Morgan fingerprint density at radius 3 is 2.02 bits per heavy atom. The van der Waals surface area contributed by atoms with Gasteiger partial charge in [-0.3, -0.25) is 14.4 Å². The summed E-state index contributed by atoms with van der Waals surface area (Å²) in [5.74, 6) is -0.495. The Hall–Kier alpha value is -6.66. The summed E-state index contributed by atoms with van der Waals surface area (Å²) in [5.41, 5.74) is 3.83. The highest BCUT2D eigenvalue weighted by atomic mass is 16.6. The summed E-state index contributed by atoms with van der Waals surface area (Å²) in [7, 11) is 3.11. The first-order chi connectivity index (χ1) is 28.7. The zero-order valence-corrected chi connectivity index (χ0v) is 33.3. The Kier molecular flexibility index (Phi) is 14.3. The third-order valence-electron chi connectivity index (χ3n) is 9.98. The lowest BCUT2D eigenvalue weighted by molar-refractivity contribution is -0.144. The van der Waals surface area contributed by atoms with E-state index in [0.29, 0.717) is 51.6 Å². The minimum Gasteiger partial charge on any atom is -0.497 e. The van der Waals surface area contributed by atoms with Gasteiger partial charge >= 0.3 is 11.9 Å². The summed E-state index contributed by atoms with van der Waals surface area (Å²) in [4.78, 5) is 58.4. The van der Waals surface area contributed by atoms with Crippen LogP contribution in [0.1, 0.15) is 52.9 Å². The minimum absolute atomic E-state index is 0.0390. The van der Waals surface area contributed by atoms with Crippen LogP contribution in [0.4, 0.5) is 5.69 Å². The number of benzene rings is 5. The average molecular weight is 801 g/mol. The minimum atomic E-state index is -1.31. The fourth-order valence-electron chi connectivity index (χ4n) is 7.17. The second-order valence-electron chi connectivity index (χ2n) is 13.9. The molecule has 0 saturated carbocycles. The quantitative estimate of drug-likeness (QED) is 0.0772. The number of carbonyl (C=O) groups is 4. The van der Waals surface area contributed by atoms with Crippen LogP contribution in [0, 0.1) is 0 Å². The predicted octanol–water partition coefficient (Wildman–Crippen LogP) is 6.67. The summed E-state index contributed by atoms with van der Waals surface area (Å²) in [6.45, 7) is 1.87. The van der Waals surface area contributed by atoms with E-state index in [1.165, 1.54) is 4.90 Å². The lowest BCUT2D eigenvalue weighted by Gasteiger charge is -2.45. The lowest BCUT2D eigenvalue weighted by Crippen LogP contribution is -2.58. The number of carbonyl (C=O) groups excluding carboxylic acids is 4. The smallest absolute Gasteiger partial charge is 0.339 e. The number of aliphatic hydroxyl groups excluding tert-OH is 1. The summed E-state index contributed by atoms with van der Waals surface area (Å²) in [6, 6.07) is 33.4. The molecule has 6 rings (SSSR count). The zero-order valence-electron chi connectivity index (χ0n) is 33.3. The van der Waals surface area contributed by atoms with Crippen LogP contribution in [0.15, 0.2) is 121 Å². The van der Waals surface area contributed by atoms with E-state index in [-0.39, 0.29) is 44.6 Å². The standard InChI is InChI=1S/C47H48N2O10/c1-4-57-44(53)30-41-46(59-47(54)38-14-9-8-13-37(38)33-11-6-5-7-12-33)45(48-42(51)27-31-15-19-34(55-2)20-16-31)39-29-36(58-26-10-25-50)23-24-40(39)49(41)43(52)28-32-17-21-35(56-3)22-18-32/h5-9,11-24,29,41,45-46,50H,4,10,25-28,30H2,1-3H3,(H,48,51)/t41-,45-,46-/m0/s1. The van der Waals surface area contributed by atoms with Gasteiger partial charge in [0.2, 0.25) is 11.8 Å². The molecule has 2 amide bonds. The maximum atomic E-state index is 14.7. The van der Waals surface area contributed by atoms with E-state index in [4.69, 9.17) is 23.7 Å². The predicted molar refractivity (Wildman–Crippen MR) is 222 cm³/mol. The number of rotatable bonds is 17. The van der Waals surface area contributed by atoms with Gasteiger partial charge < -0.3 is 39.0 Å². The number of esters is 2. The number of amides is 2. The molecule has 5 aromatic rings. The molecule has 0 aliphatic carbocycles. The molecule has 3 atom stereocenters. The molecular weight excluding hydrogens is 753 g/mol. The topological polar surface area (TPSA) is 150 Å². The summed E-state index contributed by atoms with van der Waals surface area (Å²) in [5, 5.41) is 12.6. The van der Waals surface area contributed by atoms with Crippen LogP contribution in [-0.2, 0) is 36.7 Å². The average Bonchev–Trinajstić information content (AvgIpc) is 3.25. The maximum absolute atomic E-state index is 14.7. The molecule has 1 heterocycles. The number of anilines is 1. The van der Waals surface area contributed by atoms with Gasteiger partial charge in [0.25, 0.3) is 0 Å². The molecule has 2 N–H and O–H groups in total. The second-order valence-corrected chi connectivity index (χ2v) is 13.9. The van der Waals surface area contributed by atoms with E-state index in [1.807, 2.05) is 42.5 Å². The monoisotopic (exact) mass is 800 g/mol. The number of ether oxygens (including phenoxy) is 5. The van der Waals surface area contributed by atoms with Crippen molar-refractivity contribution >= 4 is 29.4 Å². The van der Waals surface area contributed by atoms with Crippen molar-refractivity contribution in [3.8, 4) is 28.4 Å². The van der Waals surface area contributed by atoms with Crippen molar-refractivity contribution in [2.75, 3.05) is 38.9 Å². The van der Waals surface area contributed by atoms with E-state index in [1.54, 1.807) is 100 Å². The van der Waals surface area contributed by atoms with Crippen LogP contribution < -0.4 is 24.4 Å². The van der Waals surface area contributed by atoms with Crippen molar-refractivity contribution in [3.05, 3.63) is 144 Å². The van der Waals surface area contributed by atoms with Crippen LogP contribution >= 0.6 is 0 Å². The molecule has 12 nitrogen and oxygen atoms in total. The molecule has 0 bridgehead atoms. The molecule has 306 valence electrons. The summed E-state index contributed by atoms with van der Waals surface area (Å²) >= 11 is 0. The number of aliphatic hydroxyl groups is 1. The van der Waals surface area contributed by atoms with E-state index in [2.05, 4.69) is 5.32 Å². The van der Waals surface area contributed by atoms with Gasteiger partial charge in [-0.25, -0.2) is 4.79 Å². The van der Waals surface area contributed by atoms with Gasteiger partial charge in [-0.2, -0.15) is 0 Å². The van der Waals surface area contributed by atoms with Gasteiger partial charge in [0.05, 0.1) is 64.3 Å². The molecule has 59 heavy (non-hydrogen) atoms. The largest absolute Gasteiger partial charge is 0.497 e. The molecule has 1 aliphatic heterocycles. The molecule has 12 heteroatoms. The van der Waals surface area contributed by atoms with Crippen LogP contribution in [0.5, 0.6) is 17.2 Å². The van der Waals surface area contributed by atoms with Crippen molar-refractivity contribution in [1.29, 1.82) is 0 Å². The van der Waals surface area contributed by atoms with E-state index < -0.39 is 41.9 Å². The van der Waals surface area contributed by atoms with Gasteiger partial charge in [0.15, 0.2) is 0 Å². The molecule has 0 spiro atoms. The number of hydrogen-bond acceptors (Lipinski definition) is 10. The lowest BCUT2D eigenvalue weighted by atomic mass is 9.85. The maximum Gasteiger partial charge on any atom is 0.339 e. The van der Waals surface area contributed by atoms with E-state index in [9.17, 15) is 24.3 Å². The van der Waals surface area contributed by atoms with Crippen LogP contribution in [0.2, 0.25) is 0 Å². The summed E-state index contributed by atoms with van der Waals surface area (Å²) < 4.78 is 28.6. The third kappa shape index (κ3) is 10.5. The molecule has 0 aromatic heterocycles. The number of methoxy groups -OCH3 is 2. The van der Waals surface area contributed by atoms with Gasteiger partial charge in [0, 0.05) is 24.3 Å². The molecule has 0 saturated heterocycles. The van der Waals surface area contributed by atoms with Gasteiger partial charge in [-0.05, 0) is 77.7 Å². The third-order valence-corrected chi connectivity index (χ3v) is 9.98. The number of nitrogens with zero attached hydrogens (tertiary/aromatic N) is 1. The summed E-state index contributed by atoms with van der Waals surface area (Å²) in [6.07, 6.45) is -1.42. The molecule has 1 aliphatic rings. The molecule has 5 aromatic carbocycles. The van der Waals surface area contributed by atoms with Crippen molar-refractivity contribution < 1.29 is 48.0 Å². The first-order valence-corrected chi connectivity index (χ1v) is 19.5. The first kappa shape index (κ1) is 42.0. The van der Waals surface area contributed by atoms with Crippen LogP contribution in [-0.4, -0.2) is 75.0 Å². The van der Waals surface area contributed by atoms with Crippen molar-refractivity contribution in [2.24, 2.45) is 0 Å². The highest BCUT2D eigenvalue weighted by molar-refractivity contribution is 6.00. The highest BCUT2D eigenvalue weighted by Crippen LogP contribution is 2.43. The van der Waals surface area contributed by atoms with Gasteiger partial charge in [-0.15, -0.1) is 0 Å². The van der Waals surface area contributed by atoms with Crippen molar-refractivity contribution in [1.82, 2.24) is 5.32 Å². The first-order valence-electron chi connectivity index (χ1n) is 19.5. The number of fused-ring (bicyclic) bond motifs is 1. The second kappa shape index (κ2) is 20.2. The van der Waals surface area contributed by atoms with E-state index in [0.717, 1.165) is 5.56 Å². The zero-order chi connectivity index (χ0) is 41.7. The molecule has 0 unspecified atom stereocenters. The Balaban J connectivity index is 1.49. The van der Waals surface area contributed by atoms with Crippen LogP contribution in [0.25, 0.3) is 11.1 Å². The Morgan fingerprint density at radius 1 is 0.746 bits per heavy atom. The molecular formula is C47H48N2O10. The molecule has 0 fully saturated rings. The fraction of sp³-hybridized carbons (Fsp3) is 0.277. The van der Waals surface area contributed by atoms with Crippen LogP contribution in [0.3, 0.4) is 0 Å². The molecule has 0 radical (unpaired) electrons. The van der Waals surface area contributed by atoms with Gasteiger partial charge in [0.1, 0.15) is 23.4 Å². The fourth-order valence-corrected chi connectivity index (χ4v) is 7.17. The van der Waals surface area contributed by atoms with Crippen molar-refractivity contribution in [3.63, 3.8) is 0 Å². The SMILES string of the molecule is CCOC(=O)C[C@H]1[C@H](OC(=O)c2ccccc2-c2ccccc2)[C@@H](NC(=O)Cc2ccc(OC)cc2)c2cc(OCCCO)ccc2N1C(=O)Cc1ccc(OC)cc1. The van der Waals surface area contributed by atoms with E-state index >= 15 is 0 Å². The highest BCUT2D eigenvalue weighted by Gasteiger charge is 2.48. The Bertz CT molecular complexity index is 2210. The normalized spacial score (nSPS) is 15.7. The Labute approximate surface area is 343 Å². The Morgan fingerprint density at radius 2 is 1.37 bits per heavy atom. The number of hydrogen-bond donors (Lipinski definition) is 2.